The molecular weight excluding hydrogens is 324 g/mol. The molecule has 0 spiro atoms. The van der Waals surface area contributed by atoms with Crippen molar-refractivity contribution >= 4 is 5.91 Å². The number of benzene rings is 1. The zero-order valence-corrected chi connectivity index (χ0v) is 15.4. The van der Waals surface area contributed by atoms with Crippen LogP contribution in [0.2, 0.25) is 0 Å². The number of aryl methyl sites for hydroxylation is 1. The molecule has 0 bridgehead atoms. The van der Waals surface area contributed by atoms with E-state index in [4.69, 9.17) is 0 Å². The Bertz CT molecular complexity index is 850. The Hall–Kier alpha value is -2.36. The Morgan fingerprint density at radius 2 is 1.85 bits per heavy atom. The fourth-order valence-electron chi connectivity index (χ4n) is 4.59. The third-order valence-electron chi connectivity index (χ3n) is 6.03. The molecule has 4 rings (SSSR count). The highest BCUT2D eigenvalue weighted by Crippen LogP contribution is 2.39. The van der Waals surface area contributed by atoms with Crippen molar-refractivity contribution < 1.29 is 4.79 Å². The van der Waals surface area contributed by atoms with Gasteiger partial charge in [0, 0.05) is 32.4 Å². The topological polar surface area (TPSA) is 42.3 Å². The highest BCUT2D eigenvalue weighted by Gasteiger charge is 2.35. The zero-order chi connectivity index (χ0) is 18.1. The number of aromatic nitrogens is 1. The van der Waals surface area contributed by atoms with Crippen LogP contribution in [0.3, 0.4) is 0 Å². The van der Waals surface area contributed by atoms with Crippen molar-refractivity contribution in [2.75, 3.05) is 6.54 Å². The first-order valence-electron chi connectivity index (χ1n) is 9.65. The molecule has 2 heterocycles. The molecular formula is C22H26N2O2. The Morgan fingerprint density at radius 3 is 2.58 bits per heavy atom. The number of hydrogen-bond acceptors (Lipinski definition) is 2. The minimum absolute atomic E-state index is 0.0247. The maximum absolute atomic E-state index is 13.5. The van der Waals surface area contributed by atoms with Crippen LogP contribution < -0.4 is 5.56 Å². The summed E-state index contributed by atoms with van der Waals surface area (Å²) < 4.78 is 1.61. The van der Waals surface area contributed by atoms with Crippen molar-refractivity contribution in [1.29, 1.82) is 0 Å². The fraction of sp³-hybridized carbons (Fsp3) is 0.455. The van der Waals surface area contributed by atoms with Crippen molar-refractivity contribution in [2.45, 2.75) is 44.6 Å². The number of rotatable bonds is 3. The largest absolute Gasteiger partial charge is 0.337 e. The van der Waals surface area contributed by atoms with Crippen molar-refractivity contribution in [3.05, 3.63) is 69.6 Å². The minimum atomic E-state index is -0.0345. The smallest absolute Gasteiger partial charge is 0.250 e. The lowest BCUT2D eigenvalue weighted by Crippen LogP contribution is -2.41. The number of fused-ring (bicyclic) bond motifs is 1. The highest BCUT2D eigenvalue weighted by molar-refractivity contribution is 5.84. The van der Waals surface area contributed by atoms with Gasteiger partial charge < -0.3 is 9.47 Å². The van der Waals surface area contributed by atoms with Crippen LogP contribution in [0, 0.1) is 5.92 Å². The molecule has 2 aromatic rings. The van der Waals surface area contributed by atoms with E-state index in [0.29, 0.717) is 19.0 Å². The molecule has 2 aliphatic rings. The maximum atomic E-state index is 13.5. The average Bonchev–Trinajstić information content (AvgIpc) is 3.17. The third-order valence-corrected chi connectivity index (χ3v) is 6.03. The van der Waals surface area contributed by atoms with Crippen LogP contribution in [0.5, 0.6) is 0 Å². The van der Waals surface area contributed by atoms with E-state index in [2.05, 4.69) is 12.1 Å². The molecule has 0 saturated heterocycles. The van der Waals surface area contributed by atoms with Gasteiger partial charge >= 0.3 is 0 Å². The van der Waals surface area contributed by atoms with Gasteiger partial charge in [-0.1, -0.05) is 43.2 Å². The zero-order valence-electron chi connectivity index (χ0n) is 15.4. The lowest BCUT2D eigenvalue weighted by Gasteiger charge is -2.34. The molecule has 1 amide bonds. The summed E-state index contributed by atoms with van der Waals surface area (Å²) >= 11 is 0. The van der Waals surface area contributed by atoms with Gasteiger partial charge in [0.1, 0.15) is 0 Å². The van der Waals surface area contributed by atoms with Gasteiger partial charge in [-0.15, -0.1) is 0 Å². The molecule has 1 atom stereocenters. The lowest BCUT2D eigenvalue weighted by molar-refractivity contribution is -0.135. The third kappa shape index (κ3) is 3.20. The first kappa shape index (κ1) is 17.1. The SMILES string of the molecule is Cn1cc2c(cc1=O)CCN(C(=O)C(c1ccccc1)C1CCCC1)C2. The lowest BCUT2D eigenvalue weighted by atomic mass is 9.83. The van der Waals surface area contributed by atoms with Crippen molar-refractivity contribution in [3.63, 3.8) is 0 Å². The van der Waals surface area contributed by atoms with E-state index in [1.54, 1.807) is 17.7 Å². The first-order chi connectivity index (χ1) is 12.6. The van der Waals surface area contributed by atoms with Gasteiger partial charge in [0.25, 0.3) is 5.56 Å². The average molecular weight is 350 g/mol. The summed E-state index contributed by atoms with van der Waals surface area (Å²) in [6.45, 7) is 1.31. The fourth-order valence-corrected chi connectivity index (χ4v) is 4.59. The molecule has 1 aliphatic carbocycles. The van der Waals surface area contributed by atoms with E-state index >= 15 is 0 Å². The maximum Gasteiger partial charge on any atom is 0.250 e. The Kier molecular flexibility index (Phi) is 4.66. The van der Waals surface area contributed by atoms with Crippen LogP contribution in [-0.4, -0.2) is 21.9 Å². The summed E-state index contributed by atoms with van der Waals surface area (Å²) in [5.41, 5.74) is 3.37. The summed E-state index contributed by atoms with van der Waals surface area (Å²) in [4.78, 5) is 27.4. The second-order valence-corrected chi connectivity index (χ2v) is 7.72. The van der Waals surface area contributed by atoms with E-state index in [0.717, 1.165) is 36.0 Å². The van der Waals surface area contributed by atoms with Crippen LogP contribution in [0.1, 0.15) is 48.3 Å². The van der Waals surface area contributed by atoms with Gasteiger partial charge in [0.15, 0.2) is 0 Å². The monoisotopic (exact) mass is 350 g/mol. The number of amides is 1. The molecule has 0 N–H and O–H groups in total. The molecule has 1 aliphatic heterocycles. The summed E-state index contributed by atoms with van der Waals surface area (Å²) in [6, 6.07) is 12.0. The van der Waals surface area contributed by atoms with Crippen LogP contribution in [0.15, 0.2) is 47.4 Å². The Morgan fingerprint density at radius 1 is 1.12 bits per heavy atom. The molecule has 26 heavy (non-hydrogen) atoms. The van der Waals surface area contributed by atoms with Crippen LogP contribution in [0.25, 0.3) is 0 Å². The second kappa shape index (κ2) is 7.10. The Balaban J connectivity index is 1.62. The van der Waals surface area contributed by atoms with E-state index in [1.165, 1.54) is 12.8 Å². The number of hydrogen-bond donors (Lipinski definition) is 0. The van der Waals surface area contributed by atoms with Crippen LogP contribution >= 0.6 is 0 Å². The highest BCUT2D eigenvalue weighted by atomic mass is 16.2. The van der Waals surface area contributed by atoms with E-state index < -0.39 is 0 Å². The quantitative estimate of drug-likeness (QED) is 0.853. The van der Waals surface area contributed by atoms with Crippen molar-refractivity contribution in [1.82, 2.24) is 9.47 Å². The van der Waals surface area contributed by atoms with Gasteiger partial charge in [0.05, 0.1) is 5.92 Å². The number of nitrogens with zero attached hydrogens (tertiary/aromatic N) is 2. The molecule has 1 saturated carbocycles. The number of carbonyl (C=O) groups is 1. The van der Waals surface area contributed by atoms with Gasteiger partial charge in [-0.25, -0.2) is 0 Å². The number of pyridine rings is 1. The standard InChI is InChI=1S/C22H26N2O2/c1-23-14-19-15-24(12-11-18(19)13-20(23)25)22(26)21(17-9-5-6-10-17)16-7-3-2-4-8-16/h2-4,7-8,13-14,17,21H,5-6,9-12,15H2,1H3. The normalized spacial score (nSPS) is 18.6. The van der Waals surface area contributed by atoms with Crippen LogP contribution in [-0.2, 0) is 24.8 Å². The molecule has 0 radical (unpaired) electrons. The van der Waals surface area contributed by atoms with Gasteiger partial charge in [0.2, 0.25) is 5.91 Å². The number of carbonyl (C=O) groups excluding carboxylic acids is 1. The summed E-state index contributed by atoms with van der Waals surface area (Å²) in [7, 11) is 1.77. The summed E-state index contributed by atoms with van der Waals surface area (Å²) in [6.07, 6.45) is 7.40. The predicted molar refractivity (Wildman–Crippen MR) is 102 cm³/mol. The van der Waals surface area contributed by atoms with Gasteiger partial charge in [-0.3, -0.25) is 9.59 Å². The van der Waals surface area contributed by atoms with E-state index in [9.17, 15) is 9.59 Å². The van der Waals surface area contributed by atoms with E-state index in [1.807, 2.05) is 29.3 Å². The van der Waals surface area contributed by atoms with Gasteiger partial charge in [-0.2, -0.15) is 0 Å². The van der Waals surface area contributed by atoms with Crippen molar-refractivity contribution in [2.24, 2.45) is 13.0 Å². The molecule has 1 aromatic heterocycles. The van der Waals surface area contributed by atoms with Crippen molar-refractivity contribution in [3.8, 4) is 0 Å². The summed E-state index contributed by atoms with van der Waals surface area (Å²) in [5.74, 6) is 0.668. The van der Waals surface area contributed by atoms with Gasteiger partial charge in [-0.05, 0) is 41.9 Å². The first-order valence-corrected chi connectivity index (χ1v) is 9.65. The predicted octanol–water partition coefficient (Wildman–Crippen LogP) is 3.24. The van der Waals surface area contributed by atoms with Crippen LogP contribution in [0.4, 0.5) is 0 Å². The molecule has 1 unspecified atom stereocenters. The molecule has 4 heteroatoms. The minimum Gasteiger partial charge on any atom is -0.337 e. The summed E-state index contributed by atoms with van der Waals surface area (Å²) in [5, 5.41) is 0. The Labute approximate surface area is 154 Å². The molecule has 136 valence electrons. The molecule has 1 aromatic carbocycles. The molecule has 1 fully saturated rings. The molecule has 4 nitrogen and oxygen atoms in total. The van der Waals surface area contributed by atoms with E-state index in [-0.39, 0.29) is 17.4 Å². The second-order valence-electron chi connectivity index (χ2n) is 7.72.